The highest BCUT2D eigenvalue weighted by atomic mass is 28.4. The molecule has 1 saturated heterocycles. The van der Waals surface area contributed by atoms with E-state index in [-0.39, 0.29) is 0 Å². The second-order valence-electron chi connectivity index (χ2n) is 4.05. The second kappa shape index (κ2) is 6.09. The zero-order valence-corrected chi connectivity index (χ0v) is 11.5. The molecule has 0 aromatic rings. The van der Waals surface area contributed by atoms with E-state index >= 15 is 0 Å². The van der Waals surface area contributed by atoms with Gasteiger partial charge in [-0.3, -0.25) is 0 Å². The fourth-order valence-corrected chi connectivity index (χ4v) is 5.36. The van der Waals surface area contributed by atoms with Crippen LogP contribution in [0.4, 0.5) is 0 Å². The van der Waals surface area contributed by atoms with Gasteiger partial charge in [0.05, 0.1) is 0 Å². The zero-order valence-electron chi connectivity index (χ0n) is 10.5. The SMILES string of the molecule is COC1(OC)CCC[Si](CCCN)(OC)O1. The molecule has 1 atom stereocenters. The molecule has 16 heavy (non-hydrogen) atoms. The largest absolute Gasteiger partial charge is 0.397 e. The molecule has 2 N–H and O–H groups in total. The third-order valence-electron chi connectivity index (χ3n) is 3.14. The minimum Gasteiger partial charge on any atom is -0.397 e. The molecule has 0 aliphatic carbocycles. The van der Waals surface area contributed by atoms with Gasteiger partial charge in [-0.25, -0.2) is 0 Å². The summed E-state index contributed by atoms with van der Waals surface area (Å²) < 4.78 is 22.4. The third-order valence-corrected chi connectivity index (χ3v) is 6.80. The summed E-state index contributed by atoms with van der Waals surface area (Å²) in [4.78, 5) is 0. The van der Waals surface area contributed by atoms with Crippen LogP contribution in [0, 0.1) is 0 Å². The quantitative estimate of drug-likeness (QED) is 0.566. The summed E-state index contributed by atoms with van der Waals surface area (Å²) in [7, 11) is 2.73. The van der Waals surface area contributed by atoms with Gasteiger partial charge >= 0.3 is 8.56 Å². The lowest BCUT2D eigenvalue weighted by atomic mass is 10.3. The minimum absolute atomic E-state index is 0.661. The number of ether oxygens (including phenoxy) is 2. The van der Waals surface area contributed by atoms with Gasteiger partial charge in [-0.2, -0.15) is 0 Å². The van der Waals surface area contributed by atoms with Crippen LogP contribution in [0.2, 0.25) is 12.1 Å². The van der Waals surface area contributed by atoms with Crippen molar-refractivity contribution in [2.45, 2.75) is 37.3 Å². The Balaban J connectivity index is 2.70. The highest BCUT2D eigenvalue weighted by Gasteiger charge is 2.49. The number of hydrogen-bond donors (Lipinski definition) is 1. The first-order chi connectivity index (χ1) is 7.66. The molecule has 0 aromatic heterocycles. The van der Waals surface area contributed by atoms with Gasteiger partial charge in [0, 0.05) is 27.8 Å². The lowest BCUT2D eigenvalue weighted by Crippen LogP contribution is -2.55. The molecule has 1 heterocycles. The second-order valence-corrected chi connectivity index (χ2v) is 7.49. The van der Waals surface area contributed by atoms with Gasteiger partial charge in [0.2, 0.25) is 0 Å². The average molecular weight is 249 g/mol. The van der Waals surface area contributed by atoms with Crippen molar-refractivity contribution in [3.8, 4) is 0 Å². The number of methoxy groups -OCH3 is 2. The zero-order chi connectivity index (χ0) is 12.1. The highest BCUT2D eigenvalue weighted by Crippen LogP contribution is 2.37. The van der Waals surface area contributed by atoms with Gasteiger partial charge < -0.3 is 24.1 Å². The molecular formula is C10H23NO4Si. The first kappa shape index (κ1) is 14.1. The summed E-state index contributed by atoms with van der Waals surface area (Å²) in [5.41, 5.74) is 5.54. The predicted octanol–water partition coefficient (Wildman–Crippen LogP) is 1.18. The van der Waals surface area contributed by atoms with Gasteiger partial charge in [-0.15, -0.1) is 0 Å². The van der Waals surface area contributed by atoms with Crippen LogP contribution in [0.5, 0.6) is 0 Å². The van der Waals surface area contributed by atoms with Crippen molar-refractivity contribution in [3.05, 3.63) is 0 Å². The van der Waals surface area contributed by atoms with Gasteiger partial charge in [-0.1, -0.05) is 0 Å². The summed E-state index contributed by atoms with van der Waals surface area (Å²) in [5.74, 6) is -0.908. The van der Waals surface area contributed by atoms with Gasteiger partial charge in [-0.05, 0) is 31.5 Å². The maximum absolute atomic E-state index is 6.03. The molecule has 0 saturated carbocycles. The van der Waals surface area contributed by atoms with Crippen molar-refractivity contribution in [2.75, 3.05) is 27.9 Å². The minimum atomic E-state index is -2.18. The maximum Gasteiger partial charge on any atom is 0.342 e. The summed E-state index contributed by atoms with van der Waals surface area (Å²) in [6.07, 6.45) is 2.68. The standard InChI is InChI=1S/C10H23NO4Si/c1-12-10(13-2)6-4-8-16(14-3,15-10)9-5-7-11/h4-9,11H2,1-3H3. The molecule has 1 aliphatic rings. The van der Waals surface area contributed by atoms with E-state index in [1.54, 1.807) is 21.3 Å². The van der Waals surface area contributed by atoms with Crippen molar-refractivity contribution in [3.63, 3.8) is 0 Å². The molecule has 0 radical (unpaired) electrons. The lowest BCUT2D eigenvalue weighted by Gasteiger charge is -2.43. The van der Waals surface area contributed by atoms with Crippen molar-refractivity contribution < 1.29 is 18.3 Å². The first-order valence-electron chi connectivity index (χ1n) is 5.71. The topological polar surface area (TPSA) is 62.9 Å². The first-order valence-corrected chi connectivity index (χ1v) is 7.94. The summed E-state index contributed by atoms with van der Waals surface area (Å²) in [5, 5.41) is 0. The van der Waals surface area contributed by atoms with Crippen LogP contribution in [-0.2, 0) is 18.3 Å². The number of hydrogen-bond acceptors (Lipinski definition) is 5. The Kier molecular flexibility index (Phi) is 5.36. The predicted molar refractivity (Wildman–Crippen MR) is 63.1 cm³/mol. The smallest absolute Gasteiger partial charge is 0.342 e. The van der Waals surface area contributed by atoms with Crippen LogP contribution in [0.15, 0.2) is 0 Å². The van der Waals surface area contributed by atoms with Crippen molar-refractivity contribution >= 4 is 8.56 Å². The van der Waals surface area contributed by atoms with E-state index in [4.69, 9.17) is 24.1 Å². The van der Waals surface area contributed by atoms with Crippen LogP contribution in [-0.4, -0.2) is 42.4 Å². The molecule has 1 rings (SSSR count). The Morgan fingerprint density at radius 3 is 2.50 bits per heavy atom. The van der Waals surface area contributed by atoms with Gasteiger partial charge in [0.25, 0.3) is 5.97 Å². The van der Waals surface area contributed by atoms with Crippen molar-refractivity contribution in [1.82, 2.24) is 0 Å². The van der Waals surface area contributed by atoms with E-state index in [1.165, 1.54) is 0 Å². The highest BCUT2D eigenvalue weighted by molar-refractivity contribution is 6.67. The Bertz CT molecular complexity index is 213. The van der Waals surface area contributed by atoms with Crippen molar-refractivity contribution in [1.29, 1.82) is 0 Å². The fourth-order valence-electron chi connectivity index (χ4n) is 2.12. The van der Waals surface area contributed by atoms with Crippen LogP contribution < -0.4 is 5.73 Å². The van der Waals surface area contributed by atoms with Crippen LogP contribution in [0.25, 0.3) is 0 Å². The van der Waals surface area contributed by atoms with Crippen molar-refractivity contribution in [2.24, 2.45) is 5.73 Å². The monoisotopic (exact) mass is 249 g/mol. The average Bonchev–Trinajstić information content (AvgIpc) is 2.36. The Labute approximate surface area is 98.4 Å². The van der Waals surface area contributed by atoms with E-state index in [2.05, 4.69) is 0 Å². The summed E-state index contributed by atoms with van der Waals surface area (Å²) >= 11 is 0. The Morgan fingerprint density at radius 2 is 2.00 bits per heavy atom. The maximum atomic E-state index is 6.03. The molecular weight excluding hydrogens is 226 g/mol. The normalized spacial score (nSPS) is 29.2. The molecule has 1 unspecified atom stereocenters. The molecule has 0 aromatic carbocycles. The molecule has 6 heteroatoms. The molecule has 0 bridgehead atoms. The molecule has 0 spiro atoms. The molecule has 1 fully saturated rings. The summed E-state index contributed by atoms with van der Waals surface area (Å²) in [6, 6.07) is 1.88. The van der Waals surface area contributed by atoms with Crippen LogP contribution >= 0.6 is 0 Å². The fraction of sp³-hybridized carbons (Fsp3) is 1.00. The molecule has 1 aliphatic heterocycles. The summed E-state index contributed by atoms with van der Waals surface area (Å²) in [6.45, 7) is 0.661. The van der Waals surface area contributed by atoms with E-state index in [0.717, 1.165) is 31.4 Å². The van der Waals surface area contributed by atoms with E-state index in [9.17, 15) is 0 Å². The van der Waals surface area contributed by atoms with Gasteiger partial charge in [0.1, 0.15) is 0 Å². The Hall–Kier alpha value is 0.0169. The van der Waals surface area contributed by atoms with E-state index in [0.29, 0.717) is 6.54 Å². The number of nitrogens with two attached hydrogens (primary N) is 1. The molecule has 0 amide bonds. The van der Waals surface area contributed by atoms with Crippen LogP contribution in [0.1, 0.15) is 19.3 Å². The van der Waals surface area contributed by atoms with E-state index < -0.39 is 14.5 Å². The third kappa shape index (κ3) is 3.03. The Morgan fingerprint density at radius 1 is 1.31 bits per heavy atom. The lowest BCUT2D eigenvalue weighted by molar-refractivity contribution is -0.341. The van der Waals surface area contributed by atoms with Gasteiger partial charge in [0.15, 0.2) is 0 Å². The number of rotatable bonds is 6. The molecule has 96 valence electrons. The molecule has 5 nitrogen and oxygen atoms in total. The van der Waals surface area contributed by atoms with Crippen LogP contribution in [0.3, 0.4) is 0 Å². The van der Waals surface area contributed by atoms with E-state index in [1.807, 2.05) is 0 Å².